The van der Waals surface area contributed by atoms with Gasteiger partial charge in [0.1, 0.15) is 18.1 Å². The Morgan fingerprint density at radius 2 is 1.67 bits per heavy atom. The average Bonchev–Trinajstić information content (AvgIpc) is 2.46. The van der Waals surface area contributed by atoms with Gasteiger partial charge in [-0.25, -0.2) is 0 Å². The summed E-state index contributed by atoms with van der Waals surface area (Å²) in [6.45, 7) is 3.79. The van der Waals surface area contributed by atoms with Gasteiger partial charge in [-0.3, -0.25) is 4.79 Å². The maximum absolute atomic E-state index is 10.6. The summed E-state index contributed by atoms with van der Waals surface area (Å²) in [5.41, 5.74) is 1.68. The van der Waals surface area contributed by atoms with Crippen LogP contribution in [-0.4, -0.2) is 6.29 Å². The molecule has 2 aromatic carbocycles. The molecule has 2 rings (SSSR count). The van der Waals surface area contributed by atoms with E-state index in [9.17, 15) is 4.79 Å². The number of benzene rings is 2. The molecule has 0 saturated heterocycles. The minimum absolute atomic E-state index is 0.187. The van der Waals surface area contributed by atoms with Crippen molar-refractivity contribution in [3.05, 3.63) is 78.4 Å². The summed E-state index contributed by atoms with van der Waals surface area (Å²) in [4.78, 5) is 10.6. The van der Waals surface area contributed by atoms with Crippen LogP contribution in [-0.2, 0) is 0 Å². The van der Waals surface area contributed by atoms with Crippen LogP contribution in [0.25, 0.3) is 0 Å². The van der Waals surface area contributed by atoms with Crippen LogP contribution in [0.4, 0.5) is 0 Å². The zero-order valence-corrected chi connectivity index (χ0v) is 9.95. The number of aldehydes is 1. The zero-order valence-electron chi connectivity index (χ0n) is 9.95. The number of ether oxygens (including phenoxy) is 1. The van der Waals surface area contributed by atoms with Gasteiger partial charge in [-0.1, -0.05) is 36.9 Å². The summed E-state index contributed by atoms with van der Waals surface area (Å²) in [6, 6.07) is 16.9. The highest BCUT2D eigenvalue weighted by atomic mass is 16.5. The maximum Gasteiger partial charge on any atom is 0.150 e. The van der Waals surface area contributed by atoms with Gasteiger partial charge in [-0.05, 0) is 35.9 Å². The lowest BCUT2D eigenvalue weighted by Gasteiger charge is -2.15. The van der Waals surface area contributed by atoms with Crippen LogP contribution in [0, 0.1) is 0 Å². The third kappa shape index (κ3) is 2.86. The van der Waals surface area contributed by atoms with Crippen molar-refractivity contribution in [3.63, 3.8) is 0 Å². The molecule has 0 aliphatic rings. The Morgan fingerprint density at radius 3 is 2.22 bits per heavy atom. The fraction of sp³-hybridized carbons (Fsp3) is 0.0625. The molecule has 0 aliphatic heterocycles. The van der Waals surface area contributed by atoms with E-state index < -0.39 is 0 Å². The summed E-state index contributed by atoms with van der Waals surface area (Å²) in [6.07, 6.45) is 2.38. The van der Waals surface area contributed by atoms with Crippen LogP contribution in [0.2, 0.25) is 0 Å². The first-order chi connectivity index (χ1) is 8.83. The summed E-state index contributed by atoms with van der Waals surface area (Å²) >= 11 is 0. The second-order valence-corrected chi connectivity index (χ2v) is 3.87. The van der Waals surface area contributed by atoms with E-state index in [0.717, 1.165) is 11.8 Å². The van der Waals surface area contributed by atoms with E-state index in [1.165, 1.54) is 0 Å². The molecule has 0 N–H and O–H groups in total. The second-order valence-electron chi connectivity index (χ2n) is 3.87. The van der Waals surface area contributed by atoms with Crippen LogP contribution >= 0.6 is 0 Å². The molecule has 0 spiro atoms. The number of hydrogen-bond acceptors (Lipinski definition) is 2. The van der Waals surface area contributed by atoms with Gasteiger partial charge in [0.15, 0.2) is 0 Å². The van der Waals surface area contributed by atoms with Crippen molar-refractivity contribution in [2.45, 2.75) is 6.10 Å². The minimum Gasteiger partial charge on any atom is -0.482 e. The number of carbonyl (C=O) groups is 1. The van der Waals surface area contributed by atoms with E-state index in [-0.39, 0.29) is 6.10 Å². The molecular weight excluding hydrogens is 224 g/mol. The molecule has 0 saturated carbocycles. The fourth-order valence-corrected chi connectivity index (χ4v) is 1.67. The summed E-state index contributed by atoms with van der Waals surface area (Å²) in [5, 5.41) is 0. The van der Waals surface area contributed by atoms with E-state index in [1.54, 1.807) is 30.3 Å². The third-order valence-corrected chi connectivity index (χ3v) is 2.62. The molecule has 1 unspecified atom stereocenters. The Kier molecular flexibility index (Phi) is 3.92. The van der Waals surface area contributed by atoms with Gasteiger partial charge in [0, 0.05) is 5.56 Å². The van der Waals surface area contributed by atoms with E-state index in [1.807, 2.05) is 30.3 Å². The van der Waals surface area contributed by atoms with Crippen molar-refractivity contribution in [2.24, 2.45) is 0 Å². The second kappa shape index (κ2) is 5.82. The van der Waals surface area contributed by atoms with E-state index >= 15 is 0 Å². The average molecular weight is 238 g/mol. The van der Waals surface area contributed by atoms with Gasteiger partial charge >= 0.3 is 0 Å². The highest BCUT2D eigenvalue weighted by Gasteiger charge is 2.08. The van der Waals surface area contributed by atoms with E-state index in [0.29, 0.717) is 11.3 Å². The first-order valence-corrected chi connectivity index (χ1v) is 5.73. The van der Waals surface area contributed by atoms with E-state index in [2.05, 4.69) is 6.58 Å². The van der Waals surface area contributed by atoms with Gasteiger partial charge < -0.3 is 4.74 Å². The topological polar surface area (TPSA) is 26.3 Å². The van der Waals surface area contributed by atoms with Gasteiger partial charge in [0.25, 0.3) is 0 Å². The molecule has 2 heteroatoms. The lowest BCUT2D eigenvalue weighted by atomic mass is 10.1. The molecule has 0 fully saturated rings. The largest absolute Gasteiger partial charge is 0.482 e. The molecule has 0 bridgehead atoms. The quantitative estimate of drug-likeness (QED) is 0.585. The van der Waals surface area contributed by atoms with Crippen LogP contribution in [0.3, 0.4) is 0 Å². The molecular formula is C16H14O2. The summed E-state index contributed by atoms with van der Waals surface area (Å²) in [5.74, 6) is 0.717. The molecule has 18 heavy (non-hydrogen) atoms. The van der Waals surface area contributed by atoms with Crippen molar-refractivity contribution >= 4 is 6.29 Å². The normalized spacial score (nSPS) is 11.6. The first kappa shape index (κ1) is 12.1. The molecule has 0 heterocycles. The fourth-order valence-electron chi connectivity index (χ4n) is 1.67. The monoisotopic (exact) mass is 238 g/mol. The molecule has 0 aliphatic carbocycles. The van der Waals surface area contributed by atoms with Crippen molar-refractivity contribution < 1.29 is 9.53 Å². The number of carbonyl (C=O) groups excluding carboxylic acids is 1. The predicted octanol–water partition coefficient (Wildman–Crippen LogP) is 3.81. The van der Waals surface area contributed by atoms with Crippen LogP contribution in [0.15, 0.2) is 67.3 Å². The van der Waals surface area contributed by atoms with Crippen LogP contribution in [0.1, 0.15) is 22.0 Å². The lowest BCUT2D eigenvalue weighted by molar-refractivity contribution is 0.112. The van der Waals surface area contributed by atoms with Crippen LogP contribution < -0.4 is 4.74 Å². The molecule has 2 aromatic rings. The van der Waals surface area contributed by atoms with Crippen LogP contribution in [0.5, 0.6) is 5.75 Å². The molecule has 0 amide bonds. The molecule has 1 atom stereocenters. The zero-order chi connectivity index (χ0) is 12.8. The van der Waals surface area contributed by atoms with E-state index in [4.69, 9.17) is 4.74 Å². The molecule has 0 aromatic heterocycles. The van der Waals surface area contributed by atoms with Crippen molar-refractivity contribution in [1.82, 2.24) is 0 Å². The molecule has 90 valence electrons. The Labute approximate surface area is 107 Å². The third-order valence-electron chi connectivity index (χ3n) is 2.62. The number of hydrogen-bond donors (Lipinski definition) is 0. The summed E-state index contributed by atoms with van der Waals surface area (Å²) in [7, 11) is 0. The first-order valence-electron chi connectivity index (χ1n) is 5.73. The van der Waals surface area contributed by atoms with Crippen molar-refractivity contribution in [3.8, 4) is 5.75 Å². The van der Waals surface area contributed by atoms with Crippen molar-refractivity contribution in [2.75, 3.05) is 0 Å². The minimum atomic E-state index is -0.187. The Hall–Kier alpha value is -2.35. The Bertz CT molecular complexity index is 515. The number of rotatable bonds is 5. The SMILES string of the molecule is C=CC(Oc1ccc(C=O)cc1)c1ccccc1. The highest BCUT2D eigenvalue weighted by Crippen LogP contribution is 2.22. The molecule has 0 radical (unpaired) electrons. The van der Waals surface area contributed by atoms with Gasteiger partial charge in [-0.2, -0.15) is 0 Å². The standard InChI is InChI=1S/C16H14O2/c1-2-16(14-6-4-3-5-7-14)18-15-10-8-13(12-17)9-11-15/h2-12,16H,1H2. The van der Waals surface area contributed by atoms with Gasteiger partial charge in [0.2, 0.25) is 0 Å². The summed E-state index contributed by atoms with van der Waals surface area (Å²) < 4.78 is 5.82. The van der Waals surface area contributed by atoms with Gasteiger partial charge in [-0.15, -0.1) is 0 Å². The maximum atomic E-state index is 10.6. The lowest BCUT2D eigenvalue weighted by Crippen LogP contribution is -2.04. The van der Waals surface area contributed by atoms with Gasteiger partial charge in [0.05, 0.1) is 0 Å². The predicted molar refractivity (Wildman–Crippen MR) is 71.8 cm³/mol. The smallest absolute Gasteiger partial charge is 0.150 e. The molecule has 2 nitrogen and oxygen atoms in total. The Balaban J connectivity index is 2.15. The highest BCUT2D eigenvalue weighted by molar-refractivity contribution is 5.74. The van der Waals surface area contributed by atoms with Crippen molar-refractivity contribution in [1.29, 1.82) is 0 Å². The Morgan fingerprint density at radius 1 is 1.00 bits per heavy atom.